The largest absolute Gasteiger partial charge is 0.343 e. The van der Waals surface area contributed by atoms with E-state index in [4.69, 9.17) is 4.84 Å². The van der Waals surface area contributed by atoms with Gasteiger partial charge < -0.3 is 55.1 Å². The Kier molecular flexibility index (Phi) is 28.5. The third-order valence-electron chi connectivity index (χ3n) is 18.3. The highest BCUT2D eigenvalue weighted by Crippen LogP contribution is 2.35. The molecule has 0 saturated carbocycles. The summed E-state index contributed by atoms with van der Waals surface area (Å²) < 4.78 is 26.3. The van der Waals surface area contributed by atoms with Gasteiger partial charge in [-0.05, 0) is 96.3 Å². The van der Waals surface area contributed by atoms with Crippen molar-refractivity contribution in [1.29, 1.82) is 0 Å². The Bertz CT molecular complexity index is 2900. The molecule has 3 saturated heterocycles. The fourth-order valence-corrected chi connectivity index (χ4v) is 13.3. The number of urea groups is 1. The van der Waals surface area contributed by atoms with Crippen LogP contribution in [0, 0.1) is 35.0 Å². The number of hydrogen-bond acceptors (Lipinski definition) is 15. The van der Waals surface area contributed by atoms with Crippen LogP contribution < -0.4 is 20.7 Å². The van der Waals surface area contributed by atoms with Crippen LogP contribution in [0.15, 0.2) is 12.2 Å². The van der Waals surface area contributed by atoms with E-state index in [2.05, 4.69) is 16.0 Å². The van der Waals surface area contributed by atoms with Crippen LogP contribution >= 0.6 is 0 Å². The van der Waals surface area contributed by atoms with Gasteiger partial charge in [-0.2, -0.15) is 0 Å². The van der Waals surface area contributed by atoms with Crippen molar-refractivity contribution >= 4 is 81.0 Å². The van der Waals surface area contributed by atoms with Crippen LogP contribution in [0.2, 0.25) is 0 Å². The average molecular weight is 1330 g/mol. The van der Waals surface area contributed by atoms with Crippen LogP contribution in [0.5, 0.6) is 0 Å². The first-order chi connectivity index (χ1) is 42.7. The van der Waals surface area contributed by atoms with E-state index in [-0.39, 0.29) is 50.0 Å². The zero-order valence-corrected chi connectivity index (χ0v) is 60.7. The van der Waals surface area contributed by atoms with Crippen molar-refractivity contribution in [3.05, 3.63) is 12.2 Å². The van der Waals surface area contributed by atoms with Crippen molar-refractivity contribution in [3.8, 4) is 0 Å². The van der Waals surface area contributed by atoms with E-state index in [0.717, 1.165) is 30.9 Å². The number of nitrogens with zero attached hydrogens (tertiary/aromatic N) is 9. The number of rotatable bonds is 14. The van der Waals surface area contributed by atoms with Crippen LogP contribution in [-0.2, 0) is 67.6 Å². The Morgan fingerprint density at radius 1 is 0.645 bits per heavy atom. The van der Waals surface area contributed by atoms with Gasteiger partial charge in [0.05, 0.1) is 6.26 Å². The number of nitrogens with one attached hydrogen (secondary N) is 4. The molecular formula is C64H111N13O15S. The lowest BCUT2D eigenvalue weighted by Crippen LogP contribution is -2.72. The van der Waals surface area contributed by atoms with Gasteiger partial charge >= 0.3 is 6.03 Å². The molecular weight excluding hydrogens is 1220 g/mol. The summed E-state index contributed by atoms with van der Waals surface area (Å²) in [7, 11) is 5.48. The molecule has 3 heterocycles. The second-order valence-electron chi connectivity index (χ2n) is 28.2. The van der Waals surface area contributed by atoms with Gasteiger partial charge in [-0.1, -0.05) is 95.2 Å². The smallest absolute Gasteiger partial charge is 0.330 e. The van der Waals surface area contributed by atoms with Crippen molar-refractivity contribution in [3.63, 3.8) is 0 Å². The summed E-state index contributed by atoms with van der Waals surface area (Å²) in [5, 5.41) is 9.32. The molecule has 2 bridgehead atoms. The summed E-state index contributed by atoms with van der Waals surface area (Å²) >= 11 is 0. The van der Waals surface area contributed by atoms with Crippen molar-refractivity contribution in [2.45, 2.75) is 228 Å². The summed E-state index contributed by atoms with van der Waals surface area (Å²) in [4.78, 5) is 195. The van der Waals surface area contributed by atoms with Gasteiger partial charge in [0.2, 0.25) is 69.1 Å². The summed E-state index contributed by atoms with van der Waals surface area (Å²) in [6, 6.07) is -17.0. The highest BCUT2D eigenvalue weighted by Gasteiger charge is 2.55. The lowest BCUT2D eigenvalue weighted by molar-refractivity contribution is -0.321. The maximum absolute atomic E-state index is 15.6. The van der Waals surface area contributed by atoms with Crippen LogP contribution in [0.1, 0.15) is 150 Å². The minimum atomic E-state index is -4.07. The van der Waals surface area contributed by atoms with Gasteiger partial charge in [0, 0.05) is 67.3 Å². The Morgan fingerprint density at radius 2 is 1.18 bits per heavy atom. The fourth-order valence-electron chi connectivity index (χ4n) is 12.8. The van der Waals surface area contributed by atoms with E-state index < -0.39 is 177 Å². The highest BCUT2D eigenvalue weighted by molar-refractivity contribution is 7.89. The quantitative estimate of drug-likeness (QED) is 0.181. The second-order valence-corrected chi connectivity index (χ2v) is 29.9. The minimum absolute atomic E-state index is 0.0225. The fraction of sp³-hybridized carbons (Fsp3) is 0.781. The first-order valence-electron chi connectivity index (χ1n) is 32.4. The van der Waals surface area contributed by atoms with Crippen LogP contribution in [0.4, 0.5) is 4.79 Å². The molecule has 14 atom stereocenters. The molecule has 0 aromatic heterocycles. The molecule has 1 unspecified atom stereocenters. The highest BCUT2D eigenvalue weighted by atomic mass is 32.2. The van der Waals surface area contributed by atoms with Gasteiger partial charge in [0.15, 0.2) is 6.04 Å². The standard InChI is InChI=1S/C64H111N13O15S/c1-26-28-29-38(11)50-49-53(79)66-43(27-2)58(84)70(19)41(14)56(82)75(24)51(64(16,17)33-69(18)63(89)68-93(25,90)91)54(80)67-47(36(7)8)61(87)71(20)44(30-34(3)4)52(78)65-40(13)55(81)76-39(12)32-46(60(86)74(23)48(37(9)10)62(88)77(49)92-50)73(22)59(85)45(31-35(5)6)72(21)57(83)42(76)15/h26,28,34-51H,27,29-33H2,1-25H3,(H,65,78)(H,66,79)(H,67,80)(H,68,89)/b28-26+/t38-,39?,40+,41-,42-,43+,44+,45+,46+,47+,48+,49+,50-,51-/m1/s1. The molecule has 28 nitrogen and oxygen atoms in total. The number of fused-ring (bicyclic) bond motifs is 4. The normalized spacial score (nSPS) is 28.8. The van der Waals surface area contributed by atoms with Crippen LogP contribution in [0.25, 0.3) is 0 Å². The van der Waals surface area contributed by atoms with Gasteiger partial charge in [-0.25, -0.2) is 23.0 Å². The van der Waals surface area contributed by atoms with E-state index in [1.165, 1.54) is 89.7 Å². The Balaban J connectivity index is 2.48. The van der Waals surface area contributed by atoms with Crippen LogP contribution in [0.3, 0.4) is 0 Å². The lowest BCUT2D eigenvalue weighted by atomic mass is 9.81. The summed E-state index contributed by atoms with van der Waals surface area (Å²) in [6.45, 7) is 28.0. The molecule has 0 spiro atoms. The summed E-state index contributed by atoms with van der Waals surface area (Å²) in [5.41, 5.74) is -1.49. The molecule has 3 rings (SSSR count). The van der Waals surface area contributed by atoms with E-state index in [9.17, 15) is 37.2 Å². The van der Waals surface area contributed by atoms with Gasteiger partial charge in [-0.3, -0.25) is 57.6 Å². The van der Waals surface area contributed by atoms with Gasteiger partial charge in [0.25, 0.3) is 5.91 Å². The molecule has 0 aromatic rings. The molecule has 0 aliphatic carbocycles. The molecule has 0 radical (unpaired) electrons. The zero-order valence-electron chi connectivity index (χ0n) is 59.8. The topological polar surface area (TPSA) is 325 Å². The Labute approximate surface area is 552 Å². The SMILES string of the molecule is C/C=C/C[C@@H](C)[C@H]1ON2C(=O)[C@H](C(C)C)N(C)C(=O)[C@@H]3CC(C)N(C(=O)[C@H](C)NC(=O)[C@H](CC(C)C)N(C)C(=O)[C@H](C(C)C)NC(=O)[C@H](C(C)(C)CN(C)C(=O)NS(C)(=O)=O)N(C)C(=O)[C@@H](C)N(C)C(=O)[C@H](CC)NC(=O)[C@H]12)[C@H](C)C(=O)N(C)[C@@H](CC(C)C)C(=O)N3C. The Morgan fingerprint density at radius 3 is 1.69 bits per heavy atom. The predicted molar refractivity (Wildman–Crippen MR) is 350 cm³/mol. The van der Waals surface area contributed by atoms with E-state index >= 15 is 28.8 Å². The van der Waals surface area contributed by atoms with E-state index in [1.54, 1.807) is 55.4 Å². The molecule has 0 aromatic carbocycles. The third-order valence-corrected chi connectivity index (χ3v) is 18.8. The Hall–Kier alpha value is -6.91. The lowest BCUT2D eigenvalue weighted by Gasteiger charge is -2.50. The monoisotopic (exact) mass is 1330 g/mol. The molecule has 13 amide bonds. The number of amides is 13. The number of allylic oxidation sites excluding steroid dienone is 2. The minimum Gasteiger partial charge on any atom is -0.343 e. The second kappa shape index (κ2) is 33.0. The molecule has 3 aliphatic rings. The van der Waals surface area contributed by atoms with Crippen LogP contribution in [-0.4, -0.2) is 264 Å². The van der Waals surface area contributed by atoms with Crippen molar-refractivity contribution in [2.75, 3.05) is 62.1 Å². The summed E-state index contributed by atoms with van der Waals surface area (Å²) in [6.07, 6.45) is 3.86. The molecule has 3 aliphatic heterocycles. The molecule has 29 heteroatoms. The molecule has 4 N–H and O–H groups in total. The molecule has 528 valence electrons. The van der Waals surface area contributed by atoms with Gasteiger partial charge in [0.1, 0.15) is 66.5 Å². The first-order valence-corrected chi connectivity index (χ1v) is 34.3. The predicted octanol–water partition coefficient (Wildman–Crippen LogP) is 2.02. The van der Waals surface area contributed by atoms with E-state index in [0.29, 0.717) is 6.42 Å². The van der Waals surface area contributed by atoms with Crippen molar-refractivity contribution in [1.82, 2.24) is 64.9 Å². The third kappa shape index (κ3) is 19.2. The van der Waals surface area contributed by atoms with Crippen molar-refractivity contribution in [2.24, 2.45) is 35.0 Å². The number of hydrogen-bond donors (Lipinski definition) is 4. The number of hydroxylamine groups is 2. The first kappa shape index (κ1) is 80.3. The maximum atomic E-state index is 15.6. The number of sulfonamides is 1. The van der Waals surface area contributed by atoms with E-state index in [1.807, 2.05) is 58.4 Å². The molecule has 3 fully saturated rings. The average Bonchev–Trinajstić information content (AvgIpc) is 0.776. The maximum Gasteiger partial charge on any atom is 0.330 e. The van der Waals surface area contributed by atoms with Crippen molar-refractivity contribution < 1.29 is 70.8 Å². The number of carbonyl (C=O) groups excluding carboxylic acids is 12. The molecule has 93 heavy (non-hydrogen) atoms. The number of carbonyl (C=O) groups is 12. The zero-order chi connectivity index (χ0) is 71.7. The number of likely N-dealkylation sites (N-methyl/N-ethyl adjacent to an activating group) is 6. The summed E-state index contributed by atoms with van der Waals surface area (Å²) in [5.74, 6) is -10.4. The van der Waals surface area contributed by atoms with Gasteiger partial charge in [-0.15, -0.1) is 0 Å².